The van der Waals surface area contributed by atoms with Crippen molar-refractivity contribution in [2.75, 3.05) is 26.7 Å². The molecule has 0 spiro atoms. The molecule has 8 heteroatoms. The number of sulfonamides is 1. The molecule has 1 atom stereocenters. The lowest BCUT2D eigenvalue weighted by Crippen LogP contribution is -2.39. The van der Waals surface area contributed by atoms with Gasteiger partial charge in [-0.25, -0.2) is 8.42 Å². The van der Waals surface area contributed by atoms with Gasteiger partial charge in [-0.3, -0.25) is 4.79 Å². The fourth-order valence-corrected chi connectivity index (χ4v) is 5.37. The highest BCUT2D eigenvalue weighted by atomic mass is 32.2. The first kappa shape index (κ1) is 18.4. The van der Waals surface area contributed by atoms with Crippen molar-refractivity contribution in [3.8, 4) is 0 Å². The Hall–Kier alpha value is -0.960. The molecule has 130 valence electrons. The second-order valence-electron chi connectivity index (χ2n) is 6.21. The van der Waals surface area contributed by atoms with E-state index in [9.17, 15) is 13.2 Å². The van der Waals surface area contributed by atoms with Crippen LogP contribution in [0.1, 0.15) is 36.4 Å². The summed E-state index contributed by atoms with van der Waals surface area (Å²) in [5.41, 5.74) is 5.58. The number of hydrogen-bond acceptors (Lipinski definition) is 5. The Labute approximate surface area is 142 Å². The van der Waals surface area contributed by atoms with Crippen LogP contribution in [0.5, 0.6) is 0 Å². The largest absolute Gasteiger partial charge is 0.337 e. The lowest BCUT2D eigenvalue weighted by molar-refractivity contribution is 0.0753. The van der Waals surface area contributed by atoms with Crippen LogP contribution in [0.25, 0.3) is 0 Å². The molecule has 1 fully saturated rings. The minimum Gasteiger partial charge on any atom is -0.337 e. The number of carbonyl (C=O) groups is 1. The van der Waals surface area contributed by atoms with Crippen LogP contribution in [0.2, 0.25) is 0 Å². The van der Waals surface area contributed by atoms with Gasteiger partial charge in [0.05, 0.1) is 4.88 Å². The lowest BCUT2D eigenvalue weighted by atomic mass is 10.0. The molecule has 6 nitrogen and oxygen atoms in total. The number of thiophene rings is 1. The summed E-state index contributed by atoms with van der Waals surface area (Å²) in [6.45, 7) is 5.46. The highest BCUT2D eigenvalue weighted by Gasteiger charge is 2.30. The van der Waals surface area contributed by atoms with Crippen molar-refractivity contribution >= 4 is 27.3 Å². The van der Waals surface area contributed by atoms with Crippen LogP contribution in [0.3, 0.4) is 0 Å². The molecule has 1 amide bonds. The summed E-state index contributed by atoms with van der Waals surface area (Å²) in [5, 5.41) is 0. The maximum absolute atomic E-state index is 12.7. The van der Waals surface area contributed by atoms with Gasteiger partial charge in [0.25, 0.3) is 15.9 Å². The third-order valence-corrected chi connectivity index (χ3v) is 7.89. The Morgan fingerprint density at radius 2 is 2.04 bits per heavy atom. The molecule has 0 saturated carbocycles. The van der Waals surface area contributed by atoms with Crippen molar-refractivity contribution in [1.82, 2.24) is 9.21 Å². The number of carbonyl (C=O) groups excluding carboxylic acids is 1. The molecule has 2 heterocycles. The number of hydrogen-bond donors (Lipinski definition) is 1. The second-order valence-corrected chi connectivity index (χ2v) is 9.45. The summed E-state index contributed by atoms with van der Waals surface area (Å²) >= 11 is 1.04. The van der Waals surface area contributed by atoms with Gasteiger partial charge in [0.1, 0.15) is 4.21 Å². The van der Waals surface area contributed by atoms with Gasteiger partial charge < -0.3 is 10.6 Å². The fourth-order valence-electron chi connectivity index (χ4n) is 2.46. The van der Waals surface area contributed by atoms with E-state index < -0.39 is 10.0 Å². The Kier molecular flexibility index (Phi) is 5.83. The van der Waals surface area contributed by atoms with Gasteiger partial charge in [-0.1, -0.05) is 6.92 Å². The highest BCUT2D eigenvalue weighted by Crippen LogP contribution is 2.29. The van der Waals surface area contributed by atoms with Crippen molar-refractivity contribution in [3.05, 3.63) is 17.0 Å². The van der Waals surface area contributed by atoms with E-state index in [4.69, 9.17) is 5.73 Å². The van der Waals surface area contributed by atoms with Crippen LogP contribution in [0.15, 0.2) is 16.3 Å². The predicted molar refractivity (Wildman–Crippen MR) is 92.1 cm³/mol. The molecule has 2 N–H and O–H groups in total. The van der Waals surface area contributed by atoms with Crippen molar-refractivity contribution in [3.63, 3.8) is 0 Å². The summed E-state index contributed by atoms with van der Waals surface area (Å²) in [6.07, 6.45) is 1.76. The Morgan fingerprint density at radius 3 is 2.61 bits per heavy atom. The zero-order valence-electron chi connectivity index (χ0n) is 13.9. The zero-order valence-corrected chi connectivity index (χ0v) is 15.5. The molecule has 0 bridgehead atoms. The van der Waals surface area contributed by atoms with E-state index in [0.717, 1.165) is 24.2 Å². The van der Waals surface area contributed by atoms with E-state index in [1.807, 2.05) is 6.92 Å². The molecule has 1 aliphatic rings. The highest BCUT2D eigenvalue weighted by molar-refractivity contribution is 7.91. The number of amides is 1. The maximum atomic E-state index is 12.7. The van der Waals surface area contributed by atoms with Crippen molar-refractivity contribution < 1.29 is 13.2 Å². The van der Waals surface area contributed by atoms with E-state index in [1.165, 1.54) is 10.4 Å². The van der Waals surface area contributed by atoms with Gasteiger partial charge in [0.2, 0.25) is 0 Å². The first-order chi connectivity index (χ1) is 10.8. The summed E-state index contributed by atoms with van der Waals surface area (Å²) in [5.74, 6) is 0.370. The van der Waals surface area contributed by atoms with Gasteiger partial charge in [-0.2, -0.15) is 4.31 Å². The van der Waals surface area contributed by atoms with E-state index in [1.54, 1.807) is 18.0 Å². The summed E-state index contributed by atoms with van der Waals surface area (Å²) in [6, 6.07) is 3.03. The third kappa shape index (κ3) is 3.93. The molecule has 1 aromatic heterocycles. The standard InChI is InChI=1S/C15H25N3O3S2/c1-11-6-8-18(9-7-11)23(20,21)14-5-4-13(22-14)15(19)17(3)12(2)10-16/h4-5,11-12H,6-10,16H2,1-3H3. The van der Waals surface area contributed by atoms with Crippen LogP contribution in [0.4, 0.5) is 0 Å². The van der Waals surface area contributed by atoms with Crippen LogP contribution in [-0.2, 0) is 10.0 Å². The molecular formula is C15H25N3O3S2. The number of likely N-dealkylation sites (N-methyl/N-ethyl adjacent to an activating group) is 1. The molecule has 0 aromatic carbocycles. The molecule has 1 saturated heterocycles. The average Bonchev–Trinajstić information content (AvgIpc) is 3.03. The van der Waals surface area contributed by atoms with Crippen LogP contribution in [-0.4, -0.2) is 56.3 Å². The van der Waals surface area contributed by atoms with Crippen LogP contribution in [0, 0.1) is 5.92 Å². The minimum absolute atomic E-state index is 0.0896. The number of piperidine rings is 1. The molecule has 0 aliphatic carbocycles. The third-order valence-electron chi connectivity index (χ3n) is 4.45. The number of rotatable bonds is 5. The normalized spacial score (nSPS) is 18.8. The fraction of sp³-hybridized carbons (Fsp3) is 0.667. The number of nitrogens with zero attached hydrogens (tertiary/aromatic N) is 2. The van der Waals surface area contributed by atoms with E-state index in [-0.39, 0.29) is 16.2 Å². The van der Waals surface area contributed by atoms with Crippen molar-refractivity contribution in [2.45, 2.75) is 36.9 Å². The first-order valence-electron chi connectivity index (χ1n) is 7.84. The van der Waals surface area contributed by atoms with Gasteiger partial charge in [0, 0.05) is 32.7 Å². The molecule has 0 radical (unpaired) electrons. The quantitative estimate of drug-likeness (QED) is 0.865. The zero-order chi connectivity index (χ0) is 17.2. The molecule has 2 rings (SSSR count). The van der Waals surface area contributed by atoms with Crippen molar-refractivity contribution in [1.29, 1.82) is 0 Å². The molecular weight excluding hydrogens is 334 g/mol. The Morgan fingerprint density at radius 1 is 1.43 bits per heavy atom. The minimum atomic E-state index is -3.49. The molecule has 23 heavy (non-hydrogen) atoms. The topological polar surface area (TPSA) is 83.7 Å². The second kappa shape index (κ2) is 7.29. The SMILES string of the molecule is CC1CCN(S(=O)(=O)c2ccc(C(=O)N(C)C(C)CN)s2)CC1. The van der Waals surface area contributed by atoms with Crippen LogP contribution < -0.4 is 5.73 Å². The first-order valence-corrected chi connectivity index (χ1v) is 10.1. The summed E-state index contributed by atoms with van der Waals surface area (Å²) in [7, 11) is -1.81. The van der Waals surface area contributed by atoms with Crippen molar-refractivity contribution in [2.24, 2.45) is 11.7 Å². The van der Waals surface area contributed by atoms with E-state index in [0.29, 0.717) is 30.4 Å². The Balaban J connectivity index is 2.16. The van der Waals surface area contributed by atoms with Crippen LogP contribution >= 0.6 is 11.3 Å². The van der Waals surface area contributed by atoms with E-state index in [2.05, 4.69) is 6.92 Å². The number of nitrogens with two attached hydrogens (primary N) is 1. The predicted octanol–water partition coefficient (Wildman–Crippen LogP) is 1.59. The Bertz CT molecular complexity index is 649. The van der Waals surface area contributed by atoms with Gasteiger partial charge >= 0.3 is 0 Å². The maximum Gasteiger partial charge on any atom is 0.263 e. The molecule has 1 aliphatic heterocycles. The summed E-state index contributed by atoms with van der Waals surface area (Å²) < 4.78 is 27.1. The smallest absolute Gasteiger partial charge is 0.263 e. The van der Waals surface area contributed by atoms with Gasteiger partial charge in [-0.15, -0.1) is 11.3 Å². The van der Waals surface area contributed by atoms with Gasteiger partial charge in [-0.05, 0) is 37.8 Å². The average molecular weight is 360 g/mol. The summed E-state index contributed by atoms with van der Waals surface area (Å²) in [4.78, 5) is 14.4. The molecule has 1 unspecified atom stereocenters. The van der Waals surface area contributed by atoms with E-state index >= 15 is 0 Å². The monoisotopic (exact) mass is 359 g/mol. The van der Waals surface area contributed by atoms with Gasteiger partial charge in [0.15, 0.2) is 0 Å². The lowest BCUT2D eigenvalue weighted by Gasteiger charge is -2.28. The molecule has 1 aromatic rings.